The maximum absolute atomic E-state index is 12.5. The number of pyridine rings is 1. The quantitative estimate of drug-likeness (QED) is 0.405. The molecule has 30 heavy (non-hydrogen) atoms. The fourth-order valence-corrected chi connectivity index (χ4v) is 2.98. The first-order chi connectivity index (χ1) is 14.5. The molecule has 3 rings (SSSR count). The summed E-state index contributed by atoms with van der Waals surface area (Å²) in [4.78, 5) is 30.4. The molecule has 10 nitrogen and oxygen atoms in total. The van der Waals surface area contributed by atoms with E-state index in [-0.39, 0.29) is 11.5 Å². The van der Waals surface area contributed by atoms with E-state index in [0.29, 0.717) is 36.1 Å². The van der Waals surface area contributed by atoms with Crippen molar-refractivity contribution in [1.29, 1.82) is 0 Å². The first-order valence-electron chi connectivity index (χ1n) is 10.2. The number of aromatic nitrogens is 5. The standard InChI is InChI=1S/C20H30N8O2/c1-4-5-9-22-19-25-17(21)16-18(26-19)28(20(29)24-16)13-14-7-8-15(23-12-14)30-11-6-10-27(2)3/h7-8,12H,4-6,9-11,13H2,1-3H3,(H,24,29)(H3,21,22,25,26). The number of fused-ring (bicyclic) bond motifs is 1. The van der Waals surface area contributed by atoms with Crippen molar-refractivity contribution in [2.24, 2.45) is 0 Å². The van der Waals surface area contributed by atoms with Crippen molar-refractivity contribution in [2.75, 3.05) is 44.8 Å². The van der Waals surface area contributed by atoms with Gasteiger partial charge in [-0.15, -0.1) is 0 Å². The number of unbranched alkanes of at least 4 members (excludes halogenated alkanes) is 1. The molecule has 0 bridgehead atoms. The highest BCUT2D eigenvalue weighted by Gasteiger charge is 2.14. The van der Waals surface area contributed by atoms with Gasteiger partial charge in [-0.05, 0) is 32.5 Å². The lowest BCUT2D eigenvalue weighted by Gasteiger charge is -2.10. The van der Waals surface area contributed by atoms with E-state index in [9.17, 15) is 4.79 Å². The minimum Gasteiger partial charge on any atom is -0.478 e. The van der Waals surface area contributed by atoms with Crippen LogP contribution in [-0.4, -0.2) is 63.2 Å². The molecule has 10 heteroatoms. The monoisotopic (exact) mass is 414 g/mol. The fourth-order valence-electron chi connectivity index (χ4n) is 2.98. The van der Waals surface area contributed by atoms with Crippen molar-refractivity contribution < 1.29 is 4.74 Å². The van der Waals surface area contributed by atoms with Crippen LogP contribution in [0.15, 0.2) is 23.1 Å². The van der Waals surface area contributed by atoms with Gasteiger partial charge in [0.25, 0.3) is 0 Å². The van der Waals surface area contributed by atoms with Gasteiger partial charge in [0.05, 0.1) is 13.2 Å². The van der Waals surface area contributed by atoms with E-state index >= 15 is 0 Å². The third kappa shape index (κ3) is 5.47. The molecule has 3 aromatic heterocycles. The van der Waals surface area contributed by atoms with Gasteiger partial charge in [0.1, 0.15) is 5.52 Å². The largest absolute Gasteiger partial charge is 0.478 e. The molecule has 3 aromatic rings. The zero-order chi connectivity index (χ0) is 21.5. The summed E-state index contributed by atoms with van der Waals surface area (Å²) in [6.07, 6.45) is 4.69. The Bertz CT molecular complexity index is 1010. The number of nitrogen functional groups attached to an aromatic ring is 1. The van der Waals surface area contributed by atoms with Crippen LogP contribution in [0, 0.1) is 0 Å². The van der Waals surface area contributed by atoms with Crippen LogP contribution in [0.4, 0.5) is 11.8 Å². The third-order valence-corrected chi connectivity index (χ3v) is 4.60. The Morgan fingerprint density at radius 1 is 1.27 bits per heavy atom. The van der Waals surface area contributed by atoms with Gasteiger partial charge >= 0.3 is 5.69 Å². The zero-order valence-corrected chi connectivity index (χ0v) is 17.8. The number of nitrogens with zero attached hydrogens (tertiary/aromatic N) is 5. The van der Waals surface area contributed by atoms with Crippen molar-refractivity contribution in [1.82, 2.24) is 29.4 Å². The second-order valence-electron chi connectivity index (χ2n) is 7.44. The van der Waals surface area contributed by atoms with Gasteiger partial charge < -0.3 is 25.7 Å². The molecule has 0 aromatic carbocycles. The molecule has 3 heterocycles. The number of H-pyrrole nitrogens is 1. The molecular formula is C20H30N8O2. The number of aromatic amines is 1. The zero-order valence-electron chi connectivity index (χ0n) is 17.8. The highest BCUT2D eigenvalue weighted by molar-refractivity contribution is 5.82. The molecule has 0 aliphatic carbocycles. The van der Waals surface area contributed by atoms with E-state index in [1.807, 2.05) is 26.2 Å². The lowest BCUT2D eigenvalue weighted by atomic mass is 10.3. The van der Waals surface area contributed by atoms with E-state index < -0.39 is 0 Å². The SMILES string of the molecule is CCCCNc1nc(N)c2[nH]c(=O)n(Cc3ccc(OCCCN(C)C)nc3)c2n1. The van der Waals surface area contributed by atoms with Crippen molar-refractivity contribution in [3.05, 3.63) is 34.4 Å². The molecule has 0 aliphatic heterocycles. The third-order valence-electron chi connectivity index (χ3n) is 4.60. The van der Waals surface area contributed by atoms with Gasteiger partial charge in [-0.25, -0.2) is 9.78 Å². The van der Waals surface area contributed by atoms with Gasteiger partial charge in [0.15, 0.2) is 11.5 Å². The number of hydrogen-bond donors (Lipinski definition) is 3. The molecule has 0 radical (unpaired) electrons. The van der Waals surface area contributed by atoms with Crippen LogP contribution < -0.4 is 21.5 Å². The average molecular weight is 415 g/mol. The van der Waals surface area contributed by atoms with E-state index in [1.165, 1.54) is 4.57 Å². The number of nitrogens with two attached hydrogens (primary N) is 1. The second kappa shape index (κ2) is 10.1. The first kappa shape index (κ1) is 21.6. The summed E-state index contributed by atoms with van der Waals surface area (Å²) in [5, 5.41) is 3.15. The summed E-state index contributed by atoms with van der Waals surface area (Å²) in [5.41, 5.74) is 7.50. The summed E-state index contributed by atoms with van der Waals surface area (Å²) >= 11 is 0. The summed E-state index contributed by atoms with van der Waals surface area (Å²) in [7, 11) is 4.06. The Balaban J connectivity index is 1.73. The number of rotatable bonds is 11. The lowest BCUT2D eigenvalue weighted by Crippen LogP contribution is -2.18. The summed E-state index contributed by atoms with van der Waals surface area (Å²) in [6.45, 7) is 4.74. The predicted molar refractivity (Wildman–Crippen MR) is 118 cm³/mol. The number of ether oxygens (including phenoxy) is 1. The van der Waals surface area contributed by atoms with Crippen LogP contribution in [0.1, 0.15) is 31.7 Å². The predicted octanol–water partition coefficient (Wildman–Crippen LogP) is 1.69. The van der Waals surface area contributed by atoms with E-state index in [4.69, 9.17) is 10.5 Å². The number of anilines is 2. The van der Waals surface area contributed by atoms with E-state index in [2.05, 4.69) is 37.1 Å². The molecule has 0 spiro atoms. The Labute approximate surface area is 175 Å². The van der Waals surface area contributed by atoms with Gasteiger partial charge in [-0.2, -0.15) is 9.97 Å². The minimum atomic E-state index is -0.291. The van der Waals surface area contributed by atoms with Crippen molar-refractivity contribution in [2.45, 2.75) is 32.7 Å². The van der Waals surface area contributed by atoms with Crippen LogP contribution >= 0.6 is 0 Å². The summed E-state index contributed by atoms with van der Waals surface area (Å²) in [5.74, 6) is 1.23. The Morgan fingerprint density at radius 2 is 2.10 bits per heavy atom. The van der Waals surface area contributed by atoms with Crippen LogP contribution in [0.25, 0.3) is 11.2 Å². The molecule has 0 aliphatic rings. The topological polar surface area (TPSA) is 127 Å². The van der Waals surface area contributed by atoms with E-state index in [1.54, 1.807) is 6.20 Å². The molecule has 0 amide bonds. The van der Waals surface area contributed by atoms with Crippen molar-refractivity contribution in [3.8, 4) is 5.88 Å². The van der Waals surface area contributed by atoms with Crippen molar-refractivity contribution >= 4 is 22.9 Å². The molecule has 0 saturated carbocycles. The number of nitrogens with one attached hydrogen (secondary N) is 2. The van der Waals surface area contributed by atoms with Crippen LogP contribution in [0.2, 0.25) is 0 Å². The molecule has 0 atom stereocenters. The van der Waals surface area contributed by atoms with Crippen LogP contribution in [-0.2, 0) is 6.54 Å². The molecule has 4 N–H and O–H groups in total. The maximum Gasteiger partial charge on any atom is 0.328 e. The fraction of sp³-hybridized carbons (Fsp3) is 0.500. The minimum absolute atomic E-state index is 0.245. The van der Waals surface area contributed by atoms with Crippen molar-refractivity contribution in [3.63, 3.8) is 0 Å². The smallest absolute Gasteiger partial charge is 0.328 e. The van der Waals surface area contributed by atoms with Gasteiger partial charge in [0, 0.05) is 25.4 Å². The number of imidazole rings is 1. The highest BCUT2D eigenvalue weighted by atomic mass is 16.5. The Kier molecular flexibility index (Phi) is 7.23. The lowest BCUT2D eigenvalue weighted by molar-refractivity contribution is 0.273. The molecule has 0 unspecified atom stereocenters. The van der Waals surface area contributed by atoms with Gasteiger partial charge in [-0.1, -0.05) is 19.4 Å². The van der Waals surface area contributed by atoms with Gasteiger partial charge in [-0.3, -0.25) is 4.57 Å². The molecule has 162 valence electrons. The van der Waals surface area contributed by atoms with E-state index in [0.717, 1.165) is 37.9 Å². The summed E-state index contributed by atoms with van der Waals surface area (Å²) < 4.78 is 7.20. The molecular weight excluding hydrogens is 384 g/mol. The normalized spacial score (nSPS) is 11.3. The molecule has 0 fully saturated rings. The van der Waals surface area contributed by atoms with Crippen LogP contribution in [0.3, 0.4) is 0 Å². The Hall–Kier alpha value is -3.14. The number of hydrogen-bond acceptors (Lipinski definition) is 8. The second-order valence-corrected chi connectivity index (χ2v) is 7.44. The summed E-state index contributed by atoms with van der Waals surface area (Å²) in [6, 6.07) is 3.70. The first-order valence-corrected chi connectivity index (χ1v) is 10.2. The molecule has 0 saturated heterocycles. The van der Waals surface area contributed by atoms with Gasteiger partial charge in [0.2, 0.25) is 11.8 Å². The Morgan fingerprint density at radius 3 is 2.80 bits per heavy atom. The van der Waals surface area contributed by atoms with Crippen LogP contribution in [0.5, 0.6) is 5.88 Å². The average Bonchev–Trinajstić information content (AvgIpc) is 3.03. The highest BCUT2D eigenvalue weighted by Crippen LogP contribution is 2.18. The maximum atomic E-state index is 12.5.